The minimum atomic E-state index is -0.880. The van der Waals surface area contributed by atoms with Gasteiger partial charge in [0.2, 0.25) is 0 Å². The fraction of sp³-hybridized carbons (Fsp3) is 0.438. The Morgan fingerprint density at radius 3 is 1.89 bits per heavy atom. The van der Waals surface area contributed by atoms with E-state index in [4.69, 9.17) is 5.11 Å². The first-order valence-electron chi connectivity index (χ1n) is 6.63. The topological polar surface area (TPSA) is 37.3 Å². The number of hydrogen-bond donors (Lipinski definition) is 1. The van der Waals surface area contributed by atoms with Crippen LogP contribution in [-0.2, 0) is 4.79 Å². The van der Waals surface area contributed by atoms with Crippen molar-refractivity contribution in [3.8, 4) is 0 Å². The second kappa shape index (κ2) is 13.5. The molecule has 1 N–H and O–H groups in total. The molecule has 0 amide bonds. The van der Waals surface area contributed by atoms with Crippen molar-refractivity contribution in [3.05, 3.63) is 48.6 Å². The van der Waals surface area contributed by atoms with Gasteiger partial charge >= 0.3 is 5.97 Å². The molecule has 0 aromatic rings. The van der Waals surface area contributed by atoms with Crippen molar-refractivity contribution < 1.29 is 9.90 Å². The minimum absolute atomic E-state index is 0.774. The van der Waals surface area contributed by atoms with Crippen LogP contribution in [-0.4, -0.2) is 11.1 Å². The van der Waals surface area contributed by atoms with E-state index in [1.165, 1.54) is 18.9 Å². The third-order valence-corrected chi connectivity index (χ3v) is 2.27. The molecule has 0 atom stereocenters. The van der Waals surface area contributed by atoms with Crippen LogP contribution in [0.3, 0.4) is 0 Å². The number of carbonyl (C=O) groups is 1. The van der Waals surface area contributed by atoms with E-state index >= 15 is 0 Å². The van der Waals surface area contributed by atoms with Crippen molar-refractivity contribution in [2.24, 2.45) is 0 Å². The maximum absolute atomic E-state index is 10.2. The molecule has 0 fully saturated rings. The van der Waals surface area contributed by atoms with Gasteiger partial charge in [0.05, 0.1) is 0 Å². The van der Waals surface area contributed by atoms with Gasteiger partial charge < -0.3 is 5.11 Å². The predicted octanol–water partition coefficient (Wildman–Crippen LogP) is 4.66. The van der Waals surface area contributed by atoms with Crippen molar-refractivity contribution >= 4 is 5.97 Å². The SMILES string of the molecule is CCC/C=C/CC/C=C\C=C/CC/C=C/C(=O)O. The zero-order chi connectivity index (χ0) is 13.5. The Bertz CT molecular complexity index is 309. The van der Waals surface area contributed by atoms with Crippen molar-refractivity contribution in [3.63, 3.8) is 0 Å². The Hall–Kier alpha value is -1.57. The smallest absolute Gasteiger partial charge is 0.327 e. The molecule has 0 aliphatic heterocycles. The summed E-state index contributed by atoms with van der Waals surface area (Å²) >= 11 is 0. The van der Waals surface area contributed by atoms with Crippen LogP contribution in [0.15, 0.2) is 48.6 Å². The Morgan fingerprint density at radius 2 is 1.33 bits per heavy atom. The van der Waals surface area contributed by atoms with Gasteiger partial charge in [-0.25, -0.2) is 4.79 Å². The summed E-state index contributed by atoms with van der Waals surface area (Å²) in [6, 6.07) is 0. The quantitative estimate of drug-likeness (QED) is 0.264. The van der Waals surface area contributed by atoms with Gasteiger partial charge in [-0.05, 0) is 32.1 Å². The van der Waals surface area contributed by atoms with Gasteiger partial charge in [0.1, 0.15) is 0 Å². The Morgan fingerprint density at radius 1 is 0.833 bits per heavy atom. The molecule has 0 heterocycles. The Kier molecular flexibility index (Phi) is 12.3. The highest BCUT2D eigenvalue weighted by Crippen LogP contribution is 1.97. The summed E-state index contributed by atoms with van der Waals surface area (Å²) in [4.78, 5) is 10.2. The normalized spacial score (nSPS) is 12.5. The molecule has 0 rings (SSSR count). The maximum Gasteiger partial charge on any atom is 0.327 e. The van der Waals surface area contributed by atoms with Crippen molar-refractivity contribution in [1.29, 1.82) is 0 Å². The molecule has 0 unspecified atom stereocenters. The maximum atomic E-state index is 10.2. The molecule has 2 heteroatoms. The lowest BCUT2D eigenvalue weighted by Gasteiger charge is -1.87. The molecule has 0 aliphatic carbocycles. The van der Waals surface area contributed by atoms with Crippen LogP contribution in [0.25, 0.3) is 0 Å². The molecule has 0 saturated carbocycles. The predicted molar refractivity (Wildman–Crippen MR) is 77.6 cm³/mol. The molecule has 0 bridgehead atoms. The third kappa shape index (κ3) is 14.4. The van der Waals surface area contributed by atoms with E-state index in [0.29, 0.717) is 0 Å². The first-order chi connectivity index (χ1) is 8.77. The zero-order valence-corrected chi connectivity index (χ0v) is 11.2. The second-order valence-electron chi connectivity index (χ2n) is 4.01. The molecule has 2 nitrogen and oxygen atoms in total. The molecule has 18 heavy (non-hydrogen) atoms. The van der Waals surface area contributed by atoms with Gasteiger partial charge in [0.15, 0.2) is 0 Å². The van der Waals surface area contributed by atoms with Gasteiger partial charge in [-0.1, -0.05) is 55.9 Å². The van der Waals surface area contributed by atoms with E-state index in [1.807, 2.05) is 6.08 Å². The van der Waals surface area contributed by atoms with E-state index in [1.54, 1.807) is 6.08 Å². The number of carboxylic acids is 1. The van der Waals surface area contributed by atoms with Crippen LogP contribution in [0.5, 0.6) is 0 Å². The zero-order valence-electron chi connectivity index (χ0n) is 11.2. The molecule has 0 radical (unpaired) electrons. The van der Waals surface area contributed by atoms with Gasteiger partial charge in [0.25, 0.3) is 0 Å². The summed E-state index contributed by atoms with van der Waals surface area (Å²) in [5.74, 6) is -0.880. The number of rotatable bonds is 10. The molecule has 100 valence electrons. The van der Waals surface area contributed by atoms with E-state index in [0.717, 1.165) is 25.7 Å². The minimum Gasteiger partial charge on any atom is -0.478 e. The summed E-state index contributed by atoms with van der Waals surface area (Å²) in [7, 11) is 0. The standard InChI is InChI=1S/C16H24O2/c1-2-3-4-5-6-7-8-9-10-11-12-13-14-15-16(17)18/h4-5,8-11,14-15H,2-3,6-7,12-13H2,1H3,(H,17,18)/b5-4+,9-8-,11-10-,15-14+. The van der Waals surface area contributed by atoms with Crippen molar-refractivity contribution in [2.45, 2.75) is 45.4 Å². The molecule has 0 aromatic carbocycles. The number of allylic oxidation sites excluding steroid dienone is 7. The van der Waals surface area contributed by atoms with E-state index in [9.17, 15) is 4.79 Å². The van der Waals surface area contributed by atoms with Gasteiger partial charge in [0, 0.05) is 6.08 Å². The summed E-state index contributed by atoms with van der Waals surface area (Å²) in [5, 5.41) is 8.37. The number of aliphatic carboxylic acids is 1. The summed E-state index contributed by atoms with van der Waals surface area (Å²) in [5.41, 5.74) is 0. The summed E-state index contributed by atoms with van der Waals surface area (Å²) < 4.78 is 0. The monoisotopic (exact) mass is 248 g/mol. The lowest BCUT2D eigenvalue weighted by molar-refractivity contribution is -0.131. The molecule has 0 spiro atoms. The van der Waals surface area contributed by atoms with Crippen LogP contribution in [0.1, 0.15) is 45.4 Å². The van der Waals surface area contributed by atoms with E-state index in [-0.39, 0.29) is 0 Å². The van der Waals surface area contributed by atoms with Crippen molar-refractivity contribution in [2.75, 3.05) is 0 Å². The second-order valence-corrected chi connectivity index (χ2v) is 4.01. The fourth-order valence-corrected chi connectivity index (χ4v) is 1.32. The molecule has 0 aromatic heterocycles. The van der Waals surface area contributed by atoms with Crippen molar-refractivity contribution in [1.82, 2.24) is 0 Å². The lowest BCUT2D eigenvalue weighted by atomic mass is 10.2. The first kappa shape index (κ1) is 16.4. The van der Waals surface area contributed by atoms with Crippen LogP contribution in [0.2, 0.25) is 0 Å². The van der Waals surface area contributed by atoms with Gasteiger partial charge in [-0.3, -0.25) is 0 Å². The summed E-state index contributed by atoms with van der Waals surface area (Å²) in [6.45, 7) is 2.18. The molecule has 0 aliphatic rings. The van der Waals surface area contributed by atoms with E-state index < -0.39 is 5.97 Å². The number of unbranched alkanes of at least 4 members (excludes halogenated alkanes) is 3. The third-order valence-electron chi connectivity index (χ3n) is 2.27. The fourth-order valence-electron chi connectivity index (χ4n) is 1.32. The average molecular weight is 248 g/mol. The summed E-state index contributed by atoms with van der Waals surface area (Å²) in [6.07, 6.45) is 21.8. The lowest BCUT2D eigenvalue weighted by Crippen LogP contribution is -1.84. The highest BCUT2D eigenvalue weighted by molar-refractivity contribution is 5.79. The first-order valence-corrected chi connectivity index (χ1v) is 6.63. The molecule has 0 saturated heterocycles. The van der Waals surface area contributed by atoms with E-state index in [2.05, 4.69) is 37.3 Å². The van der Waals surface area contributed by atoms with Gasteiger partial charge in [-0.2, -0.15) is 0 Å². The van der Waals surface area contributed by atoms with Crippen LogP contribution in [0, 0.1) is 0 Å². The van der Waals surface area contributed by atoms with Crippen LogP contribution < -0.4 is 0 Å². The number of carboxylic acid groups (broad SMARTS) is 1. The Balaban J connectivity index is 3.43. The molecular formula is C16H24O2. The Labute approximate surface area is 110 Å². The van der Waals surface area contributed by atoms with Crippen LogP contribution >= 0.6 is 0 Å². The van der Waals surface area contributed by atoms with Crippen LogP contribution in [0.4, 0.5) is 0 Å². The average Bonchev–Trinajstić information content (AvgIpc) is 2.34. The van der Waals surface area contributed by atoms with Gasteiger partial charge in [-0.15, -0.1) is 0 Å². The highest BCUT2D eigenvalue weighted by Gasteiger charge is 1.83. The molecular weight excluding hydrogens is 224 g/mol. The number of hydrogen-bond acceptors (Lipinski definition) is 1. The highest BCUT2D eigenvalue weighted by atomic mass is 16.4. The largest absolute Gasteiger partial charge is 0.478 e.